The predicted octanol–water partition coefficient (Wildman–Crippen LogP) is 1.32. The molecule has 9 nitrogen and oxygen atoms in total. The van der Waals surface area contributed by atoms with E-state index in [0.29, 0.717) is 25.8 Å². The smallest absolute Gasteiger partial charge is 0.396 e. The number of aliphatic hydroxyl groups is 1. The number of carbonyl (C=O) groups is 4. The van der Waals surface area contributed by atoms with E-state index in [4.69, 9.17) is 5.11 Å². The van der Waals surface area contributed by atoms with Crippen LogP contribution in [0.1, 0.15) is 50.5 Å². The quantitative estimate of drug-likeness (QED) is 0.176. The van der Waals surface area contributed by atoms with Crippen LogP contribution in [0.4, 0.5) is 0 Å². The highest BCUT2D eigenvalue weighted by atomic mass is 16.4. The third-order valence-electron chi connectivity index (χ3n) is 5.28. The van der Waals surface area contributed by atoms with Crippen LogP contribution in [0.15, 0.2) is 42.5 Å². The van der Waals surface area contributed by atoms with Crippen LogP contribution >= 0.6 is 0 Å². The topological polar surface area (TPSA) is 136 Å². The molecule has 2 atom stereocenters. The number of nitrogens with zero attached hydrogens (tertiary/aromatic N) is 1. The van der Waals surface area contributed by atoms with Crippen molar-refractivity contribution in [2.24, 2.45) is 0 Å². The van der Waals surface area contributed by atoms with Crippen molar-refractivity contribution in [3.8, 4) is 0 Å². The first kappa shape index (κ1) is 25.1. The lowest BCUT2D eigenvalue weighted by Crippen LogP contribution is -2.44. The zero-order valence-electron chi connectivity index (χ0n) is 18.0. The van der Waals surface area contributed by atoms with Gasteiger partial charge in [0.2, 0.25) is 11.8 Å². The van der Waals surface area contributed by atoms with Gasteiger partial charge in [0.1, 0.15) is 0 Å². The molecule has 1 saturated heterocycles. The molecule has 1 heterocycles. The fourth-order valence-electron chi connectivity index (χ4n) is 3.59. The minimum absolute atomic E-state index is 0.00320. The van der Waals surface area contributed by atoms with Crippen molar-refractivity contribution in [2.45, 2.75) is 63.5 Å². The summed E-state index contributed by atoms with van der Waals surface area (Å²) in [7, 11) is 0. The minimum atomic E-state index is -1.67. The van der Waals surface area contributed by atoms with Crippen LogP contribution in [0, 0.1) is 0 Å². The van der Waals surface area contributed by atoms with Crippen LogP contribution in [0.3, 0.4) is 0 Å². The SMILES string of the molecule is O=C(CCCCCCN1C(=O)CC[C@@H]1/C=C/[C@@H](O)Cc1ccccc1)NNC(=O)C(=O)O. The number of benzene rings is 1. The summed E-state index contributed by atoms with van der Waals surface area (Å²) in [4.78, 5) is 46.8. The summed E-state index contributed by atoms with van der Waals surface area (Å²) < 4.78 is 0. The van der Waals surface area contributed by atoms with Crippen molar-refractivity contribution < 1.29 is 29.4 Å². The van der Waals surface area contributed by atoms with E-state index in [9.17, 15) is 24.3 Å². The van der Waals surface area contributed by atoms with Crippen LogP contribution in [0.2, 0.25) is 0 Å². The Morgan fingerprint density at radius 1 is 1.09 bits per heavy atom. The zero-order chi connectivity index (χ0) is 23.3. The Balaban J connectivity index is 1.64. The van der Waals surface area contributed by atoms with Gasteiger partial charge in [-0.1, -0.05) is 55.3 Å². The normalized spacial score (nSPS) is 16.8. The lowest BCUT2D eigenvalue weighted by Gasteiger charge is -2.22. The molecule has 0 unspecified atom stereocenters. The lowest BCUT2D eigenvalue weighted by molar-refractivity contribution is -0.151. The molecule has 1 aliphatic heterocycles. The molecule has 1 aromatic carbocycles. The molecule has 0 radical (unpaired) electrons. The summed E-state index contributed by atoms with van der Waals surface area (Å²) >= 11 is 0. The molecule has 1 fully saturated rings. The number of amides is 3. The second kappa shape index (κ2) is 13.3. The van der Waals surface area contributed by atoms with Crippen molar-refractivity contribution in [3.63, 3.8) is 0 Å². The average molecular weight is 446 g/mol. The molecular formula is C23H31N3O6. The van der Waals surface area contributed by atoms with Gasteiger partial charge in [-0.05, 0) is 24.8 Å². The molecule has 2 rings (SSSR count). The maximum atomic E-state index is 12.2. The number of carbonyl (C=O) groups excluding carboxylic acids is 3. The van der Waals surface area contributed by atoms with Crippen LogP contribution in [-0.2, 0) is 25.6 Å². The number of aliphatic carboxylic acids is 1. The van der Waals surface area contributed by atoms with Crippen LogP contribution < -0.4 is 10.9 Å². The molecule has 9 heteroatoms. The van der Waals surface area contributed by atoms with E-state index in [1.165, 1.54) is 0 Å². The summed E-state index contributed by atoms with van der Waals surface area (Å²) in [6.07, 6.45) is 8.07. The third kappa shape index (κ3) is 8.89. The number of carboxylic acid groups (broad SMARTS) is 1. The van der Waals surface area contributed by atoms with Gasteiger partial charge in [0.05, 0.1) is 12.1 Å². The van der Waals surface area contributed by atoms with Crippen LogP contribution in [0.5, 0.6) is 0 Å². The van der Waals surface area contributed by atoms with Gasteiger partial charge in [-0.25, -0.2) is 4.79 Å². The highest BCUT2D eigenvalue weighted by Gasteiger charge is 2.28. The molecule has 0 spiro atoms. The van der Waals surface area contributed by atoms with Crippen LogP contribution in [0.25, 0.3) is 0 Å². The van der Waals surface area contributed by atoms with E-state index >= 15 is 0 Å². The number of nitrogens with one attached hydrogen (secondary N) is 2. The number of hydrazine groups is 1. The van der Waals surface area contributed by atoms with Crippen molar-refractivity contribution in [1.29, 1.82) is 0 Å². The highest BCUT2D eigenvalue weighted by Crippen LogP contribution is 2.21. The second-order valence-corrected chi connectivity index (χ2v) is 7.81. The summed E-state index contributed by atoms with van der Waals surface area (Å²) in [5.74, 6) is -3.29. The molecule has 0 aliphatic carbocycles. The van der Waals surface area contributed by atoms with E-state index in [-0.39, 0.29) is 18.4 Å². The average Bonchev–Trinajstić information content (AvgIpc) is 3.12. The zero-order valence-corrected chi connectivity index (χ0v) is 18.0. The summed E-state index contributed by atoms with van der Waals surface area (Å²) in [6.45, 7) is 0.628. The lowest BCUT2D eigenvalue weighted by atomic mass is 10.1. The Kier molecular flexibility index (Phi) is 10.4. The number of hydrogen-bond acceptors (Lipinski definition) is 5. The van der Waals surface area contributed by atoms with Crippen molar-refractivity contribution in [2.75, 3.05) is 6.54 Å². The largest absolute Gasteiger partial charge is 0.474 e. The molecule has 1 aromatic rings. The Morgan fingerprint density at radius 3 is 2.53 bits per heavy atom. The van der Waals surface area contributed by atoms with Gasteiger partial charge in [0, 0.05) is 25.8 Å². The molecule has 0 bridgehead atoms. The van der Waals surface area contributed by atoms with Gasteiger partial charge >= 0.3 is 11.9 Å². The molecule has 3 amide bonds. The number of hydrogen-bond donors (Lipinski definition) is 4. The summed E-state index contributed by atoms with van der Waals surface area (Å²) in [5.41, 5.74) is 4.91. The first-order chi connectivity index (χ1) is 15.4. The van der Waals surface area contributed by atoms with E-state index in [1.54, 1.807) is 6.08 Å². The van der Waals surface area contributed by atoms with Gasteiger partial charge in [-0.2, -0.15) is 0 Å². The number of carboxylic acids is 1. The first-order valence-corrected chi connectivity index (χ1v) is 10.9. The third-order valence-corrected chi connectivity index (χ3v) is 5.28. The van der Waals surface area contributed by atoms with Gasteiger partial charge in [0.25, 0.3) is 0 Å². The maximum Gasteiger partial charge on any atom is 0.396 e. The molecule has 0 saturated carbocycles. The monoisotopic (exact) mass is 445 g/mol. The Morgan fingerprint density at radius 2 is 1.81 bits per heavy atom. The van der Waals surface area contributed by atoms with Gasteiger partial charge in [-0.3, -0.25) is 25.2 Å². The van der Waals surface area contributed by atoms with Gasteiger partial charge < -0.3 is 15.1 Å². The predicted molar refractivity (Wildman–Crippen MR) is 117 cm³/mol. The molecule has 4 N–H and O–H groups in total. The number of rotatable bonds is 11. The molecular weight excluding hydrogens is 414 g/mol. The highest BCUT2D eigenvalue weighted by molar-refractivity contribution is 6.31. The van der Waals surface area contributed by atoms with E-state index in [2.05, 4.69) is 0 Å². The maximum absolute atomic E-state index is 12.2. The number of aliphatic hydroxyl groups excluding tert-OH is 1. The van der Waals surface area contributed by atoms with Crippen molar-refractivity contribution in [3.05, 3.63) is 48.0 Å². The molecule has 32 heavy (non-hydrogen) atoms. The van der Waals surface area contributed by atoms with Gasteiger partial charge in [0.15, 0.2) is 0 Å². The Hall–Kier alpha value is -3.20. The summed E-state index contributed by atoms with van der Waals surface area (Å²) in [6, 6.07) is 9.75. The standard InChI is InChI=1S/C23H31N3O6/c27-19(16-17-8-4-3-5-9-17)13-11-18-12-14-21(29)26(18)15-7-2-1-6-10-20(28)24-25-22(30)23(31)32/h3-5,8-9,11,13,18-19,27H,1-2,6-7,10,12,14-16H2,(H,24,28)(H,25,30)(H,31,32)/b13-11+/t18-,19+/m0/s1. The van der Waals surface area contributed by atoms with Gasteiger partial charge in [-0.15, -0.1) is 0 Å². The van der Waals surface area contributed by atoms with E-state index in [1.807, 2.05) is 52.2 Å². The number of unbranched alkanes of at least 4 members (excludes halogenated alkanes) is 3. The Labute approximate surface area is 187 Å². The minimum Gasteiger partial charge on any atom is -0.474 e. The van der Waals surface area contributed by atoms with E-state index < -0.39 is 23.9 Å². The fraction of sp³-hybridized carbons (Fsp3) is 0.478. The van der Waals surface area contributed by atoms with Crippen LogP contribution in [-0.4, -0.2) is 57.5 Å². The number of likely N-dealkylation sites (tertiary alicyclic amines) is 1. The molecule has 174 valence electrons. The molecule has 0 aromatic heterocycles. The van der Waals surface area contributed by atoms with Crippen molar-refractivity contribution >= 4 is 23.7 Å². The second-order valence-electron chi connectivity index (χ2n) is 7.81. The fourth-order valence-corrected chi connectivity index (χ4v) is 3.59. The van der Waals surface area contributed by atoms with E-state index in [0.717, 1.165) is 31.2 Å². The van der Waals surface area contributed by atoms with Crippen molar-refractivity contribution in [1.82, 2.24) is 15.8 Å². The first-order valence-electron chi connectivity index (χ1n) is 10.9. The molecule has 1 aliphatic rings. The Bertz CT molecular complexity index is 811. The summed E-state index contributed by atoms with van der Waals surface area (Å²) in [5, 5.41) is 18.7.